The Morgan fingerprint density at radius 3 is 2.46 bits per heavy atom. The Bertz CT molecular complexity index is 868. The molecule has 0 radical (unpaired) electrons. The lowest BCUT2D eigenvalue weighted by atomic mass is 10.1. The first-order valence-electron chi connectivity index (χ1n) is 9.07. The lowest BCUT2D eigenvalue weighted by Crippen LogP contribution is -2.27. The van der Waals surface area contributed by atoms with Gasteiger partial charge in [0, 0.05) is 31.8 Å². The first-order valence-corrected chi connectivity index (χ1v) is 9.45. The van der Waals surface area contributed by atoms with Crippen molar-refractivity contribution in [2.45, 2.75) is 27.3 Å². The number of halogens is 1. The molecule has 28 heavy (non-hydrogen) atoms. The van der Waals surface area contributed by atoms with Gasteiger partial charge in [0.15, 0.2) is 12.4 Å². The SMILES string of the molecule is Cc1nn(CC(C)C)c(Cl)c1/C=C/C(=O)c1ccc(OCC(=O)N(C)C)cc1. The van der Waals surface area contributed by atoms with E-state index in [1.807, 2.05) is 6.92 Å². The van der Waals surface area contributed by atoms with Crippen molar-refractivity contribution in [1.82, 2.24) is 14.7 Å². The molecule has 0 saturated heterocycles. The maximum Gasteiger partial charge on any atom is 0.259 e. The predicted octanol–water partition coefficient (Wildman–Crippen LogP) is 3.86. The Labute approximate surface area is 170 Å². The van der Waals surface area contributed by atoms with E-state index in [2.05, 4.69) is 18.9 Å². The number of ketones is 1. The zero-order valence-electron chi connectivity index (χ0n) is 16.9. The normalized spacial score (nSPS) is 11.2. The van der Waals surface area contributed by atoms with Crippen LogP contribution in [0.4, 0.5) is 0 Å². The van der Waals surface area contributed by atoms with Crippen molar-refractivity contribution in [2.24, 2.45) is 5.92 Å². The molecule has 150 valence electrons. The van der Waals surface area contributed by atoms with Crippen LogP contribution >= 0.6 is 11.6 Å². The van der Waals surface area contributed by atoms with Gasteiger partial charge in [0.1, 0.15) is 10.9 Å². The maximum atomic E-state index is 12.4. The quantitative estimate of drug-likeness (QED) is 0.496. The minimum atomic E-state index is -0.150. The van der Waals surface area contributed by atoms with Gasteiger partial charge in [-0.1, -0.05) is 25.4 Å². The number of allylic oxidation sites excluding steroid dienone is 1. The molecule has 0 atom stereocenters. The largest absolute Gasteiger partial charge is 0.484 e. The van der Waals surface area contributed by atoms with Crippen molar-refractivity contribution in [3.63, 3.8) is 0 Å². The summed E-state index contributed by atoms with van der Waals surface area (Å²) < 4.78 is 7.17. The minimum Gasteiger partial charge on any atom is -0.484 e. The summed E-state index contributed by atoms with van der Waals surface area (Å²) in [6.45, 7) is 6.73. The molecule has 1 amide bonds. The van der Waals surface area contributed by atoms with E-state index in [1.165, 1.54) is 11.0 Å². The van der Waals surface area contributed by atoms with Crippen LogP contribution < -0.4 is 4.74 Å². The highest BCUT2D eigenvalue weighted by Gasteiger charge is 2.13. The number of nitrogens with zero attached hydrogens (tertiary/aromatic N) is 3. The molecule has 1 aromatic heterocycles. The number of rotatable bonds is 8. The molecular weight excluding hydrogens is 378 g/mol. The Balaban J connectivity index is 2.05. The first kappa shape index (κ1) is 21.7. The van der Waals surface area contributed by atoms with E-state index >= 15 is 0 Å². The molecule has 0 N–H and O–H groups in total. The van der Waals surface area contributed by atoms with E-state index < -0.39 is 0 Å². The summed E-state index contributed by atoms with van der Waals surface area (Å²) in [4.78, 5) is 25.4. The number of aryl methyl sites for hydroxylation is 1. The summed E-state index contributed by atoms with van der Waals surface area (Å²) in [6, 6.07) is 6.67. The highest BCUT2D eigenvalue weighted by atomic mass is 35.5. The molecule has 6 nitrogen and oxygen atoms in total. The summed E-state index contributed by atoms with van der Waals surface area (Å²) in [7, 11) is 3.33. The van der Waals surface area contributed by atoms with Crippen molar-refractivity contribution in [1.29, 1.82) is 0 Å². The lowest BCUT2D eigenvalue weighted by molar-refractivity contribution is -0.130. The Morgan fingerprint density at radius 1 is 1.25 bits per heavy atom. The molecule has 0 aliphatic carbocycles. The van der Waals surface area contributed by atoms with Crippen LogP contribution in [0.2, 0.25) is 5.15 Å². The second kappa shape index (κ2) is 9.55. The van der Waals surface area contributed by atoms with Crippen LogP contribution in [0.1, 0.15) is 35.5 Å². The van der Waals surface area contributed by atoms with Gasteiger partial charge >= 0.3 is 0 Å². The molecule has 0 fully saturated rings. The fourth-order valence-electron chi connectivity index (χ4n) is 2.47. The molecule has 2 aromatic rings. The summed E-state index contributed by atoms with van der Waals surface area (Å²) >= 11 is 6.40. The van der Waals surface area contributed by atoms with Crippen molar-refractivity contribution >= 4 is 29.4 Å². The van der Waals surface area contributed by atoms with Crippen LogP contribution in [0.15, 0.2) is 30.3 Å². The standard InChI is InChI=1S/C21H26ClN3O3/c1-14(2)12-25-21(22)18(15(3)23-25)10-11-19(26)16-6-8-17(9-7-16)28-13-20(27)24(4)5/h6-11,14H,12-13H2,1-5H3/b11-10+. The molecule has 1 heterocycles. The number of carbonyl (C=O) groups excluding carboxylic acids is 2. The van der Waals surface area contributed by atoms with Gasteiger partial charge in [-0.05, 0) is 49.3 Å². The van der Waals surface area contributed by atoms with Gasteiger partial charge in [-0.2, -0.15) is 5.10 Å². The number of aromatic nitrogens is 2. The third-order valence-electron chi connectivity index (χ3n) is 4.05. The van der Waals surface area contributed by atoms with Gasteiger partial charge in [-0.3, -0.25) is 14.3 Å². The van der Waals surface area contributed by atoms with Crippen molar-refractivity contribution < 1.29 is 14.3 Å². The molecular formula is C21H26ClN3O3. The fraction of sp³-hybridized carbons (Fsp3) is 0.381. The van der Waals surface area contributed by atoms with Crippen LogP contribution in [0.25, 0.3) is 6.08 Å². The van der Waals surface area contributed by atoms with Gasteiger partial charge in [-0.15, -0.1) is 0 Å². The van der Waals surface area contributed by atoms with Crippen LogP contribution in [-0.4, -0.2) is 47.1 Å². The van der Waals surface area contributed by atoms with E-state index in [-0.39, 0.29) is 18.3 Å². The number of amides is 1. The number of benzene rings is 1. The average Bonchev–Trinajstić information content (AvgIpc) is 2.90. The number of likely N-dealkylation sites (N-methyl/N-ethyl adjacent to an activating group) is 1. The first-order chi connectivity index (χ1) is 13.2. The minimum absolute atomic E-state index is 0.0433. The van der Waals surface area contributed by atoms with Gasteiger partial charge in [0.25, 0.3) is 5.91 Å². The number of hydrogen-bond donors (Lipinski definition) is 0. The third-order valence-corrected chi connectivity index (χ3v) is 4.45. The Hall–Kier alpha value is -2.60. The fourth-order valence-corrected chi connectivity index (χ4v) is 2.77. The molecule has 0 aliphatic heterocycles. The molecule has 7 heteroatoms. The molecule has 0 aliphatic rings. The van der Waals surface area contributed by atoms with Crippen LogP contribution in [0.5, 0.6) is 5.75 Å². The van der Waals surface area contributed by atoms with E-state index in [4.69, 9.17) is 16.3 Å². The summed E-state index contributed by atoms with van der Waals surface area (Å²) in [6.07, 6.45) is 3.19. The smallest absolute Gasteiger partial charge is 0.259 e. The van der Waals surface area contributed by atoms with E-state index in [1.54, 1.807) is 49.1 Å². The summed E-state index contributed by atoms with van der Waals surface area (Å²) in [5.41, 5.74) is 2.05. The summed E-state index contributed by atoms with van der Waals surface area (Å²) in [5.74, 6) is 0.671. The Morgan fingerprint density at radius 2 is 1.89 bits per heavy atom. The molecule has 2 rings (SSSR count). The second-order valence-electron chi connectivity index (χ2n) is 7.16. The maximum absolute atomic E-state index is 12.4. The van der Waals surface area contributed by atoms with E-state index in [0.29, 0.717) is 22.4 Å². The zero-order chi connectivity index (χ0) is 20.8. The molecule has 1 aromatic carbocycles. The molecule has 0 unspecified atom stereocenters. The number of ether oxygens (including phenoxy) is 1. The van der Waals surface area contributed by atoms with Gasteiger partial charge in [-0.25, -0.2) is 0 Å². The van der Waals surface area contributed by atoms with Crippen molar-refractivity contribution in [3.05, 3.63) is 52.3 Å². The lowest BCUT2D eigenvalue weighted by Gasteiger charge is -2.11. The van der Waals surface area contributed by atoms with E-state index in [9.17, 15) is 9.59 Å². The molecule has 0 saturated carbocycles. The van der Waals surface area contributed by atoms with Crippen LogP contribution in [0, 0.1) is 12.8 Å². The van der Waals surface area contributed by atoms with Gasteiger partial charge < -0.3 is 9.64 Å². The second-order valence-corrected chi connectivity index (χ2v) is 7.52. The topological polar surface area (TPSA) is 64.4 Å². The van der Waals surface area contributed by atoms with Crippen molar-refractivity contribution in [3.8, 4) is 5.75 Å². The van der Waals surface area contributed by atoms with Crippen LogP contribution in [-0.2, 0) is 11.3 Å². The molecule has 0 spiro atoms. The number of hydrogen-bond acceptors (Lipinski definition) is 4. The number of carbonyl (C=O) groups is 2. The summed E-state index contributed by atoms with van der Waals surface area (Å²) in [5, 5.41) is 4.97. The van der Waals surface area contributed by atoms with Gasteiger partial charge in [0.05, 0.1) is 5.69 Å². The molecule has 0 bridgehead atoms. The predicted molar refractivity (Wildman–Crippen MR) is 111 cm³/mol. The monoisotopic (exact) mass is 403 g/mol. The van der Waals surface area contributed by atoms with Crippen molar-refractivity contribution in [2.75, 3.05) is 20.7 Å². The van der Waals surface area contributed by atoms with Gasteiger partial charge in [0.2, 0.25) is 0 Å². The average molecular weight is 404 g/mol. The highest BCUT2D eigenvalue weighted by molar-refractivity contribution is 6.31. The third kappa shape index (κ3) is 5.70. The van der Waals surface area contributed by atoms with Crippen LogP contribution in [0.3, 0.4) is 0 Å². The zero-order valence-corrected chi connectivity index (χ0v) is 17.7. The Kier molecular flexibility index (Phi) is 7.40. The highest BCUT2D eigenvalue weighted by Crippen LogP contribution is 2.22. The van der Waals surface area contributed by atoms with E-state index in [0.717, 1.165) is 17.8 Å².